The minimum atomic E-state index is -1.06. The number of carbonyl (C=O) groups excluding carboxylic acids is 1. The Labute approximate surface area is 133 Å². The lowest BCUT2D eigenvalue weighted by molar-refractivity contribution is -0.143. The second-order valence-electron chi connectivity index (χ2n) is 4.80. The molecule has 1 rings (SSSR count). The first-order valence-corrected chi connectivity index (χ1v) is 7.17. The van der Waals surface area contributed by atoms with E-state index in [1.165, 1.54) is 6.07 Å². The molecule has 1 amide bonds. The zero-order chi connectivity index (χ0) is 16.0. The smallest absolute Gasteiger partial charge is 0.326 e. The Morgan fingerprint density at radius 1 is 1.33 bits per heavy atom. The van der Waals surface area contributed by atoms with Crippen LogP contribution in [0, 0.1) is 5.92 Å². The number of hydrogen-bond donors (Lipinski definition) is 2. The number of halogens is 2. The van der Waals surface area contributed by atoms with Crippen LogP contribution in [0.15, 0.2) is 18.2 Å². The number of ether oxygens (including phenoxy) is 1. The highest BCUT2D eigenvalue weighted by Gasteiger charge is 2.23. The van der Waals surface area contributed by atoms with E-state index in [4.69, 9.17) is 33.0 Å². The molecule has 0 aliphatic heterocycles. The highest BCUT2D eigenvalue weighted by molar-refractivity contribution is 6.35. The molecule has 0 aromatic heterocycles. The van der Waals surface area contributed by atoms with E-state index in [-0.39, 0.29) is 24.9 Å². The first kappa shape index (κ1) is 17.6. The third-order valence-corrected chi connectivity index (χ3v) is 3.26. The van der Waals surface area contributed by atoms with Gasteiger partial charge in [-0.3, -0.25) is 4.79 Å². The molecule has 0 aliphatic carbocycles. The Hall–Kier alpha value is -1.46. The maximum atomic E-state index is 11.7. The lowest BCUT2D eigenvalue weighted by Crippen LogP contribution is -2.44. The number of carbonyl (C=O) groups is 2. The Morgan fingerprint density at radius 2 is 2.00 bits per heavy atom. The number of nitrogens with one attached hydrogen (secondary N) is 1. The quantitative estimate of drug-likeness (QED) is 0.804. The van der Waals surface area contributed by atoms with E-state index < -0.39 is 12.0 Å². The van der Waals surface area contributed by atoms with E-state index in [9.17, 15) is 9.59 Å². The van der Waals surface area contributed by atoms with Crippen molar-refractivity contribution < 1.29 is 19.4 Å². The third kappa shape index (κ3) is 5.81. The summed E-state index contributed by atoms with van der Waals surface area (Å²) in [5.41, 5.74) is 0. The zero-order valence-electron chi connectivity index (χ0n) is 11.7. The van der Waals surface area contributed by atoms with E-state index in [2.05, 4.69) is 5.32 Å². The average Bonchev–Trinajstić information content (AvgIpc) is 2.37. The normalized spacial score (nSPS) is 12.0. The molecule has 116 valence electrons. The van der Waals surface area contributed by atoms with Crippen molar-refractivity contribution in [3.8, 4) is 5.75 Å². The van der Waals surface area contributed by atoms with Crippen LogP contribution in [0.3, 0.4) is 0 Å². The third-order valence-electron chi connectivity index (χ3n) is 2.73. The zero-order valence-corrected chi connectivity index (χ0v) is 13.2. The van der Waals surface area contributed by atoms with Crippen LogP contribution in [0.2, 0.25) is 10.0 Å². The molecule has 0 saturated heterocycles. The molecule has 1 aromatic rings. The van der Waals surface area contributed by atoms with Crippen LogP contribution < -0.4 is 10.1 Å². The summed E-state index contributed by atoms with van der Waals surface area (Å²) in [5.74, 6) is -1.22. The molecule has 0 spiro atoms. The van der Waals surface area contributed by atoms with Gasteiger partial charge in [0.15, 0.2) is 0 Å². The van der Waals surface area contributed by atoms with Gasteiger partial charge in [-0.1, -0.05) is 37.0 Å². The predicted octanol–water partition coefficient (Wildman–Crippen LogP) is 2.99. The lowest BCUT2D eigenvalue weighted by Gasteiger charge is -2.18. The predicted molar refractivity (Wildman–Crippen MR) is 81.0 cm³/mol. The Balaban J connectivity index is 2.44. The second kappa shape index (κ2) is 8.10. The highest BCUT2D eigenvalue weighted by Crippen LogP contribution is 2.27. The number of rotatable bonds is 7. The molecule has 1 atom stereocenters. The monoisotopic (exact) mass is 333 g/mol. The summed E-state index contributed by atoms with van der Waals surface area (Å²) in [6.07, 6.45) is 0.0372. The van der Waals surface area contributed by atoms with Gasteiger partial charge in [0.2, 0.25) is 5.91 Å². The van der Waals surface area contributed by atoms with E-state index in [0.717, 1.165) is 0 Å². The largest absolute Gasteiger partial charge is 0.491 e. The average molecular weight is 334 g/mol. The number of amides is 1. The van der Waals surface area contributed by atoms with E-state index in [1.54, 1.807) is 26.0 Å². The summed E-state index contributed by atoms with van der Waals surface area (Å²) in [4.78, 5) is 22.7. The van der Waals surface area contributed by atoms with Crippen LogP contribution in [0.5, 0.6) is 5.75 Å². The van der Waals surface area contributed by atoms with Gasteiger partial charge < -0.3 is 15.2 Å². The van der Waals surface area contributed by atoms with E-state index in [1.807, 2.05) is 0 Å². The molecule has 0 bridgehead atoms. The van der Waals surface area contributed by atoms with Crippen molar-refractivity contribution in [3.63, 3.8) is 0 Å². The Kier molecular flexibility index (Phi) is 6.78. The molecular formula is C14H17Cl2NO4. The topological polar surface area (TPSA) is 75.6 Å². The van der Waals surface area contributed by atoms with E-state index >= 15 is 0 Å². The molecule has 1 aromatic carbocycles. The molecule has 5 nitrogen and oxygen atoms in total. The summed E-state index contributed by atoms with van der Waals surface area (Å²) in [6, 6.07) is 3.87. The van der Waals surface area contributed by atoms with Gasteiger partial charge in [0.25, 0.3) is 0 Å². The Morgan fingerprint density at radius 3 is 2.52 bits per heavy atom. The number of aliphatic carboxylic acids is 1. The summed E-state index contributed by atoms with van der Waals surface area (Å²) >= 11 is 11.7. The maximum Gasteiger partial charge on any atom is 0.326 e. The van der Waals surface area contributed by atoms with Crippen LogP contribution in [0.25, 0.3) is 0 Å². The summed E-state index contributed by atoms with van der Waals surface area (Å²) in [6.45, 7) is 3.55. The number of carboxylic acid groups (broad SMARTS) is 1. The van der Waals surface area contributed by atoms with Crippen LogP contribution in [0.4, 0.5) is 0 Å². The molecular weight excluding hydrogens is 317 g/mol. The second-order valence-corrected chi connectivity index (χ2v) is 5.64. The van der Waals surface area contributed by atoms with Gasteiger partial charge in [0, 0.05) is 5.02 Å². The van der Waals surface area contributed by atoms with Gasteiger partial charge in [0.1, 0.15) is 11.8 Å². The highest BCUT2D eigenvalue weighted by atomic mass is 35.5. The molecule has 0 heterocycles. The maximum absolute atomic E-state index is 11.7. The molecule has 0 radical (unpaired) electrons. The minimum Gasteiger partial charge on any atom is -0.491 e. The summed E-state index contributed by atoms with van der Waals surface area (Å²) in [5, 5.41) is 12.3. The van der Waals surface area contributed by atoms with Gasteiger partial charge in [-0.25, -0.2) is 4.79 Å². The Bertz CT molecular complexity index is 520. The summed E-state index contributed by atoms with van der Waals surface area (Å²) < 4.78 is 5.37. The lowest BCUT2D eigenvalue weighted by atomic mass is 10.0. The first-order chi connectivity index (χ1) is 9.81. The molecule has 0 fully saturated rings. The van der Waals surface area contributed by atoms with Gasteiger partial charge in [0.05, 0.1) is 18.1 Å². The van der Waals surface area contributed by atoms with Crippen molar-refractivity contribution in [2.75, 3.05) is 6.61 Å². The van der Waals surface area contributed by atoms with Gasteiger partial charge in [-0.05, 0) is 24.1 Å². The number of hydrogen-bond acceptors (Lipinski definition) is 3. The molecule has 2 N–H and O–H groups in total. The van der Waals surface area contributed by atoms with Crippen molar-refractivity contribution in [2.45, 2.75) is 26.3 Å². The fourth-order valence-corrected chi connectivity index (χ4v) is 2.07. The molecule has 0 unspecified atom stereocenters. The standard InChI is InChI=1S/C14H17Cl2NO4/c1-8(2)13(14(19)20)17-12(18)5-6-21-11-4-3-9(15)7-10(11)16/h3-4,7-8,13H,5-6H2,1-2H3,(H,17,18)(H,19,20)/t13-/m0/s1. The van der Waals surface area contributed by atoms with Gasteiger partial charge >= 0.3 is 5.97 Å². The van der Waals surface area contributed by atoms with Crippen LogP contribution in [-0.4, -0.2) is 29.6 Å². The van der Waals surface area contributed by atoms with E-state index in [0.29, 0.717) is 15.8 Å². The van der Waals surface area contributed by atoms with Gasteiger partial charge in [-0.2, -0.15) is 0 Å². The van der Waals surface area contributed by atoms with Crippen molar-refractivity contribution in [1.29, 1.82) is 0 Å². The van der Waals surface area contributed by atoms with Crippen LogP contribution in [0.1, 0.15) is 20.3 Å². The first-order valence-electron chi connectivity index (χ1n) is 6.41. The summed E-state index contributed by atoms with van der Waals surface area (Å²) in [7, 11) is 0. The van der Waals surface area contributed by atoms with Crippen molar-refractivity contribution in [1.82, 2.24) is 5.32 Å². The number of carboxylic acids is 1. The van der Waals surface area contributed by atoms with Crippen molar-refractivity contribution >= 4 is 35.1 Å². The van der Waals surface area contributed by atoms with Crippen LogP contribution in [-0.2, 0) is 9.59 Å². The van der Waals surface area contributed by atoms with Crippen molar-refractivity contribution in [2.24, 2.45) is 5.92 Å². The van der Waals surface area contributed by atoms with Crippen LogP contribution >= 0.6 is 23.2 Å². The molecule has 0 saturated carbocycles. The van der Waals surface area contributed by atoms with Crippen molar-refractivity contribution in [3.05, 3.63) is 28.2 Å². The fraction of sp³-hybridized carbons (Fsp3) is 0.429. The SMILES string of the molecule is CC(C)[C@H](NC(=O)CCOc1ccc(Cl)cc1Cl)C(=O)O. The fourth-order valence-electron chi connectivity index (χ4n) is 1.61. The molecule has 0 aliphatic rings. The molecule has 21 heavy (non-hydrogen) atoms. The minimum absolute atomic E-state index is 0.0372. The van der Waals surface area contributed by atoms with Gasteiger partial charge in [-0.15, -0.1) is 0 Å². The molecule has 7 heteroatoms. The number of benzene rings is 1.